The van der Waals surface area contributed by atoms with Gasteiger partial charge in [0.25, 0.3) is 5.91 Å². The molecule has 0 saturated carbocycles. The largest absolute Gasteiger partial charge is 0.388 e. The number of nitrogens with zero attached hydrogens (tertiary/aromatic N) is 1. The SMILES string of the molecule is CSc1sc(C(=O)N/N=C\c2ccc(Cl)cc2)c2c1C(O)CCC2. The van der Waals surface area contributed by atoms with Gasteiger partial charge in [0.2, 0.25) is 0 Å². The highest BCUT2D eigenvalue weighted by Gasteiger charge is 2.29. The number of hydrogen-bond donors (Lipinski definition) is 2. The number of halogens is 1. The Morgan fingerprint density at radius 2 is 2.21 bits per heavy atom. The topological polar surface area (TPSA) is 61.7 Å². The molecule has 2 aromatic rings. The third-order valence-corrected chi connectivity index (χ3v) is 6.53. The van der Waals surface area contributed by atoms with Crippen LogP contribution in [0, 0.1) is 0 Å². The Labute approximate surface area is 153 Å². The van der Waals surface area contributed by atoms with Crippen LogP contribution in [0.5, 0.6) is 0 Å². The fraction of sp³-hybridized carbons (Fsp3) is 0.294. The molecule has 0 bridgehead atoms. The van der Waals surface area contributed by atoms with E-state index in [1.165, 1.54) is 11.3 Å². The lowest BCUT2D eigenvalue weighted by Gasteiger charge is -2.19. The first-order valence-electron chi connectivity index (χ1n) is 7.56. The standard InChI is InChI=1S/C17H17ClN2O2S2/c1-23-17-14-12(3-2-4-13(14)21)15(24-17)16(22)20-19-9-10-5-7-11(18)8-6-10/h5-9,13,21H,2-4H2,1H3,(H,20,22)/b19-9-. The van der Waals surface area contributed by atoms with E-state index in [9.17, 15) is 9.90 Å². The minimum Gasteiger partial charge on any atom is -0.388 e. The van der Waals surface area contributed by atoms with Crippen LogP contribution in [0.3, 0.4) is 0 Å². The van der Waals surface area contributed by atoms with E-state index in [4.69, 9.17) is 11.6 Å². The molecular formula is C17H17ClN2O2S2. The predicted octanol–water partition coefficient (Wildman–Crippen LogP) is 4.26. The van der Waals surface area contributed by atoms with Crippen molar-refractivity contribution in [3.05, 3.63) is 50.9 Å². The fourth-order valence-corrected chi connectivity index (χ4v) is 4.97. The molecule has 1 aliphatic rings. The number of hydrogen-bond acceptors (Lipinski definition) is 5. The minimum absolute atomic E-state index is 0.226. The number of hydrazone groups is 1. The number of amides is 1. The molecule has 1 aliphatic carbocycles. The number of thiophene rings is 1. The lowest BCUT2D eigenvalue weighted by molar-refractivity contribution is 0.0957. The van der Waals surface area contributed by atoms with E-state index in [-0.39, 0.29) is 5.91 Å². The summed E-state index contributed by atoms with van der Waals surface area (Å²) in [4.78, 5) is 13.1. The Kier molecular flexibility index (Phi) is 5.61. The summed E-state index contributed by atoms with van der Waals surface area (Å²) >= 11 is 8.85. The van der Waals surface area contributed by atoms with Crippen LogP contribution in [0.4, 0.5) is 0 Å². The number of rotatable bonds is 4. The maximum atomic E-state index is 12.5. The Morgan fingerprint density at radius 3 is 2.92 bits per heavy atom. The van der Waals surface area contributed by atoms with Crippen LogP contribution in [0.15, 0.2) is 33.6 Å². The average Bonchev–Trinajstić information content (AvgIpc) is 2.97. The molecule has 1 aromatic carbocycles. The molecular weight excluding hydrogens is 364 g/mol. The summed E-state index contributed by atoms with van der Waals surface area (Å²) in [6.45, 7) is 0. The summed E-state index contributed by atoms with van der Waals surface area (Å²) in [5, 5.41) is 14.9. The van der Waals surface area contributed by atoms with E-state index in [0.29, 0.717) is 9.90 Å². The predicted molar refractivity (Wildman–Crippen MR) is 101 cm³/mol. The van der Waals surface area contributed by atoms with Gasteiger partial charge in [-0.1, -0.05) is 23.7 Å². The van der Waals surface area contributed by atoms with Crippen LogP contribution in [0.25, 0.3) is 0 Å². The molecule has 2 N–H and O–H groups in total. The quantitative estimate of drug-likeness (QED) is 0.473. The molecule has 0 spiro atoms. The second kappa shape index (κ2) is 7.70. The zero-order chi connectivity index (χ0) is 17.1. The molecule has 24 heavy (non-hydrogen) atoms. The summed E-state index contributed by atoms with van der Waals surface area (Å²) in [7, 11) is 0. The maximum Gasteiger partial charge on any atom is 0.281 e. The van der Waals surface area contributed by atoms with Crippen molar-refractivity contribution in [2.24, 2.45) is 5.10 Å². The van der Waals surface area contributed by atoms with Crippen LogP contribution in [0.1, 0.15) is 45.3 Å². The van der Waals surface area contributed by atoms with Gasteiger partial charge in [-0.05, 0) is 48.8 Å². The highest BCUT2D eigenvalue weighted by molar-refractivity contribution is 8.00. The van der Waals surface area contributed by atoms with Crippen molar-refractivity contribution < 1.29 is 9.90 Å². The van der Waals surface area contributed by atoms with E-state index >= 15 is 0 Å². The van der Waals surface area contributed by atoms with Crippen molar-refractivity contribution in [3.8, 4) is 0 Å². The molecule has 126 valence electrons. The van der Waals surface area contributed by atoms with Crippen molar-refractivity contribution >= 4 is 46.8 Å². The summed E-state index contributed by atoms with van der Waals surface area (Å²) in [5.74, 6) is -0.226. The third kappa shape index (κ3) is 3.67. The third-order valence-electron chi connectivity index (χ3n) is 3.89. The van der Waals surface area contributed by atoms with Gasteiger partial charge in [-0.3, -0.25) is 4.79 Å². The number of fused-ring (bicyclic) bond motifs is 1. The molecule has 1 unspecified atom stereocenters. The van der Waals surface area contributed by atoms with Gasteiger partial charge in [-0.25, -0.2) is 5.43 Å². The summed E-state index contributed by atoms with van der Waals surface area (Å²) in [6.07, 6.45) is 5.56. The number of nitrogens with one attached hydrogen (secondary N) is 1. The van der Waals surface area contributed by atoms with Gasteiger partial charge in [0.05, 0.1) is 21.4 Å². The maximum absolute atomic E-state index is 12.5. The van der Waals surface area contributed by atoms with Crippen LogP contribution in [-0.4, -0.2) is 23.5 Å². The summed E-state index contributed by atoms with van der Waals surface area (Å²) in [5.41, 5.74) is 5.35. The van der Waals surface area contributed by atoms with Crippen molar-refractivity contribution in [3.63, 3.8) is 0 Å². The first kappa shape index (κ1) is 17.5. The number of carbonyl (C=O) groups excluding carboxylic acids is 1. The number of thioether (sulfide) groups is 1. The van der Waals surface area contributed by atoms with Gasteiger partial charge in [0.1, 0.15) is 0 Å². The highest BCUT2D eigenvalue weighted by atomic mass is 35.5. The molecule has 1 amide bonds. The zero-order valence-electron chi connectivity index (χ0n) is 13.1. The smallest absolute Gasteiger partial charge is 0.281 e. The second-order valence-electron chi connectivity index (χ2n) is 5.47. The van der Waals surface area contributed by atoms with Crippen molar-refractivity contribution in [1.82, 2.24) is 5.43 Å². The zero-order valence-corrected chi connectivity index (χ0v) is 15.5. The van der Waals surface area contributed by atoms with Crippen LogP contribution in [-0.2, 0) is 6.42 Å². The molecule has 1 heterocycles. The van der Waals surface area contributed by atoms with Crippen LogP contribution in [0.2, 0.25) is 5.02 Å². The molecule has 0 fully saturated rings. The van der Waals surface area contributed by atoms with E-state index in [1.807, 2.05) is 18.4 Å². The number of benzene rings is 1. The Bertz CT molecular complexity index is 772. The van der Waals surface area contributed by atoms with Gasteiger partial charge in [-0.15, -0.1) is 23.1 Å². The molecule has 1 aromatic heterocycles. The van der Waals surface area contributed by atoms with Crippen LogP contribution < -0.4 is 5.43 Å². The van der Waals surface area contributed by atoms with Crippen molar-refractivity contribution in [1.29, 1.82) is 0 Å². The normalized spacial score (nSPS) is 17.0. The molecule has 7 heteroatoms. The van der Waals surface area contributed by atoms with Gasteiger partial charge in [0, 0.05) is 10.6 Å². The summed E-state index contributed by atoms with van der Waals surface area (Å²) in [6, 6.07) is 7.19. The van der Waals surface area contributed by atoms with E-state index in [0.717, 1.165) is 40.2 Å². The van der Waals surface area contributed by atoms with Gasteiger partial charge in [0.15, 0.2) is 0 Å². The van der Waals surface area contributed by atoms with Crippen LogP contribution >= 0.6 is 34.7 Å². The molecule has 0 aliphatic heterocycles. The Hall–Kier alpha value is -1.34. The van der Waals surface area contributed by atoms with Gasteiger partial charge < -0.3 is 5.11 Å². The number of aliphatic hydroxyl groups is 1. The fourth-order valence-electron chi connectivity index (χ4n) is 2.76. The lowest BCUT2D eigenvalue weighted by atomic mass is 9.91. The highest BCUT2D eigenvalue weighted by Crippen LogP contribution is 2.43. The Morgan fingerprint density at radius 1 is 1.46 bits per heavy atom. The van der Waals surface area contributed by atoms with E-state index in [1.54, 1.807) is 30.1 Å². The first-order valence-corrected chi connectivity index (χ1v) is 9.98. The van der Waals surface area contributed by atoms with E-state index < -0.39 is 6.10 Å². The lowest BCUT2D eigenvalue weighted by Crippen LogP contribution is -2.19. The molecule has 0 saturated heterocycles. The molecule has 0 radical (unpaired) electrons. The Balaban J connectivity index is 1.77. The molecule has 3 rings (SSSR count). The average molecular weight is 381 g/mol. The first-order chi connectivity index (χ1) is 11.6. The number of aliphatic hydroxyl groups excluding tert-OH is 1. The number of carbonyl (C=O) groups is 1. The monoisotopic (exact) mass is 380 g/mol. The van der Waals surface area contributed by atoms with Crippen molar-refractivity contribution in [2.45, 2.75) is 29.6 Å². The molecule has 4 nitrogen and oxygen atoms in total. The minimum atomic E-state index is -0.466. The van der Waals surface area contributed by atoms with Gasteiger partial charge in [-0.2, -0.15) is 5.10 Å². The summed E-state index contributed by atoms with van der Waals surface area (Å²) < 4.78 is 1.02. The second-order valence-corrected chi connectivity index (χ2v) is 8.01. The van der Waals surface area contributed by atoms with Crippen molar-refractivity contribution in [2.75, 3.05) is 6.26 Å². The van der Waals surface area contributed by atoms with Gasteiger partial charge >= 0.3 is 0 Å². The van der Waals surface area contributed by atoms with E-state index in [2.05, 4.69) is 10.5 Å². The molecule has 1 atom stereocenters.